The average Bonchev–Trinajstić information content (AvgIpc) is 3.40. The molecule has 3 aromatic rings. The minimum absolute atomic E-state index is 0.00563. The maximum absolute atomic E-state index is 13.3. The topological polar surface area (TPSA) is 123 Å². The first-order valence-electron chi connectivity index (χ1n) is 15.4. The summed E-state index contributed by atoms with van der Waals surface area (Å²) in [7, 11) is 1.82. The Hall–Kier alpha value is -2.99. The van der Waals surface area contributed by atoms with Gasteiger partial charge in [0.2, 0.25) is 5.16 Å². The van der Waals surface area contributed by atoms with E-state index in [0.717, 1.165) is 58.9 Å². The number of nitrogens with zero attached hydrogens (tertiary/aromatic N) is 4. The zero-order valence-corrected chi connectivity index (χ0v) is 25.5. The Morgan fingerprint density at radius 2 is 1.77 bits per heavy atom. The van der Waals surface area contributed by atoms with E-state index in [1.807, 2.05) is 55.6 Å². The van der Waals surface area contributed by atoms with Gasteiger partial charge in [0.25, 0.3) is 0 Å². The third-order valence-electron chi connectivity index (χ3n) is 9.91. The highest BCUT2D eigenvalue weighted by Crippen LogP contribution is 2.55. The summed E-state index contributed by atoms with van der Waals surface area (Å²) in [6, 6.07) is 15.5. The second-order valence-electron chi connectivity index (χ2n) is 13.1. The van der Waals surface area contributed by atoms with E-state index in [1.165, 1.54) is 19.3 Å². The number of rotatable bonds is 8. The van der Waals surface area contributed by atoms with Crippen LogP contribution < -0.4 is 10.6 Å². The summed E-state index contributed by atoms with van der Waals surface area (Å²) in [5.41, 5.74) is 3.38. The Balaban J connectivity index is 1.08. The summed E-state index contributed by atoms with van der Waals surface area (Å²) >= 11 is 1.55. The van der Waals surface area contributed by atoms with Gasteiger partial charge >= 0.3 is 6.03 Å². The van der Waals surface area contributed by atoms with E-state index in [-0.39, 0.29) is 36.3 Å². The molecule has 10 nitrogen and oxygen atoms in total. The second-order valence-corrected chi connectivity index (χ2v) is 14.1. The maximum atomic E-state index is 13.3. The smallest absolute Gasteiger partial charge is 0.319 e. The maximum Gasteiger partial charge on any atom is 0.319 e. The molecule has 2 amide bonds. The van der Waals surface area contributed by atoms with Crippen LogP contribution in [-0.4, -0.2) is 48.7 Å². The van der Waals surface area contributed by atoms with E-state index in [1.54, 1.807) is 16.4 Å². The molecule has 1 saturated heterocycles. The Bertz CT molecular complexity index is 1410. The number of anilines is 1. The lowest BCUT2D eigenvalue weighted by Gasteiger charge is -2.56. The predicted molar refractivity (Wildman–Crippen MR) is 162 cm³/mol. The van der Waals surface area contributed by atoms with E-state index in [2.05, 4.69) is 33.1 Å². The van der Waals surface area contributed by atoms with Gasteiger partial charge in [-0.1, -0.05) is 55.1 Å². The van der Waals surface area contributed by atoms with Crippen molar-refractivity contribution in [3.05, 3.63) is 65.2 Å². The zero-order chi connectivity index (χ0) is 29.6. The molecule has 3 N–H and O–H groups in total. The van der Waals surface area contributed by atoms with Crippen LogP contribution in [0.25, 0.3) is 0 Å². The van der Waals surface area contributed by atoms with Crippen molar-refractivity contribution in [1.29, 1.82) is 0 Å². The number of hydrogen-bond donors (Lipinski definition) is 3. The monoisotopic (exact) mass is 604 g/mol. The molecule has 228 valence electrons. The lowest BCUT2D eigenvalue weighted by Crippen LogP contribution is -2.60. The molecule has 5 aliphatic rings. The van der Waals surface area contributed by atoms with Crippen LogP contribution in [-0.2, 0) is 23.1 Å². The second kappa shape index (κ2) is 11.8. The molecule has 2 heterocycles. The molecule has 0 radical (unpaired) electrons. The third kappa shape index (κ3) is 6.05. The van der Waals surface area contributed by atoms with Gasteiger partial charge in [0.1, 0.15) is 0 Å². The van der Waals surface area contributed by atoms with Gasteiger partial charge < -0.3 is 25.2 Å². The quantitative estimate of drug-likeness (QED) is 0.293. The predicted octanol–water partition coefficient (Wildman–Crippen LogP) is 5.38. The van der Waals surface area contributed by atoms with Crippen molar-refractivity contribution in [3.8, 4) is 0 Å². The SMILES string of the molecule is CC1C(CSc2nnnn2C)OC(c2cccc(NC(=O)NC34CC5CC(CC(C5)C3)C4)c2)OC1c1ccc(CO)cc1. The fourth-order valence-corrected chi connectivity index (χ4v) is 9.25. The van der Waals surface area contributed by atoms with E-state index < -0.39 is 6.29 Å². The molecule has 4 saturated carbocycles. The van der Waals surface area contributed by atoms with E-state index >= 15 is 0 Å². The molecule has 5 fully saturated rings. The van der Waals surface area contributed by atoms with Crippen molar-refractivity contribution in [2.75, 3.05) is 11.1 Å². The molecule has 8 rings (SSSR count). The number of thioether (sulfide) groups is 1. The number of aliphatic hydroxyl groups is 1. The van der Waals surface area contributed by atoms with Gasteiger partial charge in [0.15, 0.2) is 6.29 Å². The van der Waals surface area contributed by atoms with Crippen molar-refractivity contribution >= 4 is 23.5 Å². The molecule has 4 atom stereocenters. The number of amides is 2. The largest absolute Gasteiger partial charge is 0.392 e. The summed E-state index contributed by atoms with van der Waals surface area (Å²) in [6.07, 6.45) is 6.33. The molecule has 43 heavy (non-hydrogen) atoms. The van der Waals surface area contributed by atoms with Crippen LogP contribution in [0.5, 0.6) is 0 Å². The van der Waals surface area contributed by atoms with Gasteiger partial charge in [-0.15, -0.1) is 5.10 Å². The highest BCUT2D eigenvalue weighted by Gasteiger charge is 2.51. The lowest BCUT2D eigenvalue weighted by atomic mass is 9.53. The average molecular weight is 605 g/mol. The van der Waals surface area contributed by atoms with Gasteiger partial charge in [-0.3, -0.25) is 0 Å². The van der Waals surface area contributed by atoms with Crippen LogP contribution in [0.2, 0.25) is 0 Å². The number of ether oxygens (including phenoxy) is 2. The van der Waals surface area contributed by atoms with Crippen LogP contribution in [0.4, 0.5) is 10.5 Å². The normalized spacial score (nSPS) is 33.0. The number of nitrogens with one attached hydrogen (secondary N) is 2. The summed E-state index contributed by atoms with van der Waals surface area (Å²) in [5.74, 6) is 2.98. The fraction of sp³-hybridized carbons (Fsp3) is 0.562. The Labute approximate surface area is 256 Å². The van der Waals surface area contributed by atoms with Gasteiger partial charge in [-0.05, 0) is 90.0 Å². The van der Waals surface area contributed by atoms with E-state index in [0.29, 0.717) is 11.4 Å². The van der Waals surface area contributed by atoms with Crippen LogP contribution in [0.3, 0.4) is 0 Å². The molecule has 4 aliphatic carbocycles. The first-order valence-corrected chi connectivity index (χ1v) is 16.4. The van der Waals surface area contributed by atoms with E-state index in [9.17, 15) is 9.90 Å². The lowest BCUT2D eigenvalue weighted by molar-refractivity contribution is -0.268. The summed E-state index contributed by atoms with van der Waals surface area (Å²) < 4.78 is 14.9. The highest BCUT2D eigenvalue weighted by molar-refractivity contribution is 7.99. The Morgan fingerprint density at radius 1 is 1.05 bits per heavy atom. The van der Waals surface area contributed by atoms with Gasteiger partial charge in [0, 0.05) is 35.5 Å². The minimum Gasteiger partial charge on any atom is -0.392 e. The molecular formula is C32H40N6O4S. The number of carbonyl (C=O) groups excluding carboxylic acids is 1. The molecule has 2 aromatic carbocycles. The number of urea groups is 1. The number of aryl methyl sites for hydroxylation is 1. The Kier molecular flexibility index (Phi) is 7.92. The number of tetrazole rings is 1. The van der Waals surface area contributed by atoms with Gasteiger partial charge in [-0.2, -0.15) is 0 Å². The first-order chi connectivity index (χ1) is 20.9. The standard InChI is InChI=1S/C32H40N6O4S/c1-19-27(18-43-31-35-36-37-38(31)2)41-29(42-28(19)24-8-6-20(17-39)7-9-24)25-4-3-5-26(13-25)33-30(40)34-32-14-21-10-22(15-32)12-23(11-21)16-32/h3-9,13,19,21-23,27-29,39H,10-12,14-18H2,1-2H3,(H2,33,34,40). The molecule has 0 spiro atoms. The molecule has 11 heteroatoms. The van der Waals surface area contributed by atoms with E-state index in [4.69, 9.17) is 9.47 Å². The molecule has 1 aliphatic heterocycles. The molecule has 4 unspecified atom stereocenters. The summed E-state index contributed by atoms with van der Waals surface area (Å²) in [5, 5.41) is 28.6. The van der Waals surface area contributed by atoms with Gasteiger partial charge in [-0.25, -0.2) is 9.48 Å². The van der Waals surface area contributed by atoms with Crippen molar-refractivity contribution < 1.29 is 19.4 Å². The number of benzene rings is 2. The number of hydrogen-bond acceptors (Lipinski definition) is 8. The van der Waals surface area contributed by atoms with Crippen molar-refractivity contribution in [1.82, 2.24) is 25.5 Å². The van der Waals surface area contributed by atoms with Crippen molar-refractivity contribution in [3.63, 3.8) is 0 Å². The fourth-order valence-electron chi connectivity index (χ4n) is 8.24. The Morgan fingerprint density at radius 3 is 2.42 bits per heavy atom. The van der Waals surface area contributed by atoms with Crippen LogP contribution in [0, 0.1) is 23.7 Å². The molecule has 4 bridgehead atoms. The molecular weight excluding hydrogens is 564 g/mol. The van der Waals surface area contributed by atoms with Crippen molar-refractivity contribution in [2.24, 2.45) is 30.7 Å². The first kappa shape index (κ1) is 28.8. The van der Waals surface area contributed by atoms with Crippen LogP contribution in [0.1, 0.15) is 74.5 Å². The highest BCUT2D eigenvalue weighted by atomic mass is 32.2. The van der Waals surface area contributed by atoms with Crippen molar-refractivity contribution in [2.45, 2.75) is 81.2 Å². The van der Waals surface area contributed by atoms with Crippen LogP contribution in [0.15, 0.2) is 53.7 Å². The summed E-state index contributed by atoms with van der Waals surface area (Å²) in [4.78, 5) is 13.3. The number of aromatic nitrogens is 4. The third-order valence-corrected chi connectivity index (χ3v) is 11.0. The summed E-state index contributed by atoms with van der Waals surface area (Å²) in [6.45, 7) is 2.13. The molecule has 1 aromatic heterocycles. The number of aliphatic hydroxyl groups excluding tert-OH is 1. The number of carbonyl (C=O) groups is 1. The zero-order valence-electron chi connectivity index (χ0n) is 24.7. The van der Waals surface area contributed by atoms with Crippen LogP contribution >= 0.6 is 11.8 Å². The van der Waals surface area contributed by atoms with Gasteiger partial charge in [0.05, 0.1) is 18.8 Å². The minimum atomic E-state index is -0.630.